The van der Waals surface area contributed by atoms with Gasteiger partial charge >= 0.3 is 6.18 Å². The summed E-state index contributed by atoms with van der Waals surface area (Å²) in [5.41, 5.74) is -0.384. The highest BCUT2D eigenvalue weighted by atomic mass is 19.4. The maximum absolute atomic E-state index is 12.6. The number of amides is 1. The van der Waals surface area contributed by atoms with E-state index < -0.39 is 11.7 Å². The van der Waals surface area contributed by atoms with Crippen molar-refractivity contribution in [2.75, 3.05) is 26.2 Å². The third kappa shape index (κ3) is 6.30. The minimum absolute atomic E-state index is 0.315. The van der Waals surface area contributed by atoms with Crippen molar-refractivity contribution >= 4 is 12.0 Å². The smallest absolute Gasteiger partial charge is 0.351 e. The fourth-order valence-corrected chi connectivity index (χ4v) is 1.93. The van der Waals surface area contributed by atoms with Crippen molar-refractivity contribution in [1.82, 2.24) is 10.2 Å². The predicted octanol–water partition coefficient (Wildman–Crippen LogP) is 3.18. The van der Waals surface area contributed by atoms with Gasteiger partial charge < -0.3 is 10.2 Å². The average Bonchev–Trinajstić information content (AvgIpc) is 2.49. The Bertz CT molecular complexity index is 508. The standard InChI is InChI=1S/C16H21F3N2O/c1-3-21(4-2)11-10-20-15(22)9-8-13-6-5-7-14(12-13)16(17,18)19/h5-9,12H,3-4,10-11H2,1-2H3,(H,20,22)/b9-8+. The van der Waals surface area contributed by atoms with Crippen LogP contribution in [0, 0.1) is 0 Å². The van der Waals surface area contributed by atoms with E-state index in [1.54, 1.807) is 0 Å². The Labute approximate surface area is 128 Å². The molecule has 0 radical (unpaired) electrons. The van der Waals surface area contributed by atoms with Crippen molar-refractivity contribution < 1.29 is 18.0 Å². The number of nitrogens with one attached hydrogen (secondary N) is 1. The molecule has 0 saturated heterocycles. The topological polar surface area (TPSA) is 32.3 Å². The van der Waals surface area contributed by atoms with E-state index in [9.17, 15) is 18.0 Å². The van der Waals surface area contributed by atoms with Crippen molar-refractivity contribution in [2.24, 2.45) is 0 Å². The van der Waals surface area contributed by atoms with Crippen LogP contribution in [0.15, 0.2) is 30.3 Å². The van der Waals surface area contributed by atoms with E-state index in [1.807, 2.05) is 13.8 Å². The van der Waals surface area contributed by atoms with Crippen LogP contribution >= 0.6 is 0 Å². The number of alkyl halides is 3. The number of benzene rings is 1. The Hall–Kier alpha value is -1.82. The van der Waals surface area contributed by atoms with Gasteiger partial charge in [-0.25, -0.2) is 0 Å². The van der Waals surface area contributed by atoms with E-state index in [0.717, 1.165) is 31.8 Å². The Balaban J connectivity index is 2.52. The van der Waals surface area contributed by atoms with Crippen LogP contribution in [0.3, 0.4) is 0 Å². The molecule has 22 heavy (non-hydrogen) atoms. The molecule has 6 heteroatoms. The minimum Gasteiger partial charge on any atom is -0.351 e. The fourth-order valence-electron chi connectivity index (χ4n) is 1.93. The number of hydrogen-bond donors (Lipinski definition) is 1. The van der Waals surface area contributed by atoms with Gasteiger partial charge in [0.05, 0.1) is 5.56 Å². The second kappa shape index (κ2) is 8.58. The predicted molar refractivity (Wildman–Crippen MR) is 81.3 cm³/mol. The molecule has 0 aliphatic rings. The molecule has 0 unspecified atom stereocenters. The third-order valence-electron chi connectivity index (χ3n) is 3.26. The van der Waals surface area contributed by atoms with Crippen molar-refractivity contribution in [3.63, 3.8) is 0 Å². The molecular formula is C16H21F3N2O. The maximum atomic E-state index is 12.6. The molecule has 0 aliphatic carbocycles. The molecule has 1 N–H and O–H groups in total. The summed E-state index contributed by atoms with van der Waals surface area (Å²) in [6.45, 7) is 7.15. The molecule has 0 spiro atoms. The van der Waals surface area contributed by atoms with Gasteiger partial charge in [-0.3, -0.25) is 4.79 Å². The molecule has 0 aromatic heterocycles. The Morgan fingerprint density at radius 1 is 1.27 bits per heavy atom. The first-order chi connectivity index (χ1) is 10.4. The zero-order valence-corrected chi connectivity index (χ0v) is 12.8. The van der Waals surface area contributed by atoms with Crippen LogP contribution in [0.25, 0.3) is 6.08 Å². The molecule has 1 aromatic rings. The quantitative estimate of drug-likeness (QED) is 0.784. The molecule has 1 rings (SSSR count). The molecule has 3 nitrogen and oxygen atoms in total. The SMILES string of the molecule is CCN(CC)CCNC(=O)/C=C/c1cccc(C(F)(F)F)c1. The van der Waals surface area contributed by atoms with E-state index in [2.05, 4.69) is 10.2 Å². The lowest BCUT2D eigenvalue weighted by Gasteiger charge is -2.17. The van der Waals surface area contributed by atoms with Crippen molar-refractivity contribution in [3.05, 3.63) is 41.5 Å². The van der Waals surface area contributed by atoms with Gasteiger partial charge in [-0.1, -0.05) is 26.0 Å². The largest absolute Gasteiger partial charge is 0.416 e. The Morgan fingerprint density at radius 2 is 1.95 bits per heavy atom. The van der Waals surface area contributed by atoms with Crippen LogP contribution in [0.5, 0.6) is 0 Å². The first-order valence-corrected chi connectivity index (χ1v) is 7.22. The third-order valence-corrected chi connectivity index (χ3v) is 3.26. The minimum atomic E-state index is -4.38. The van der Waals surface area contributed by atoms with E-state index >= 15 is 0 Å². The summed E-state index contributed by atoms with van der Waals surface area (Å²) in [6.07, 6.45) is -1.75. The van der Waals surface area contributed by atoms with Crippen LogP contribution < -0.4 is 5.32 Å². The summed E-state index contributed by atoms with van der Waals surface area (Å²) in [6, 6.07) is 4.86. The lowest BCUT2D eigenvalue weighted by Crippen LogP contribution is -2.34. The lowest BCUT2D eigenvalue weighted by atomic mass is 10.1. The molecule has 0 atom stereocenters. The second-order valence-electron chi connectivity index (χ2n) is 4.77. The number of halogens is 3. The lowest BCUT2D eigenvalue weighted by molar-refractivity contribution is -0.137. The van der Waals surface area contributed by atoms with Gasteiger partial charge in [0, 0.05) is 19.2 Å². The summed E-state index contributed by atoms with van der Waals surface area (Å²) >= 11 is 0. The molecule has 1 amide bonds. The van der Waals surface area contributed by atoms with E-state index in [1.165, 1.54) is 24.3 Å². The first-order valence-electron chi connectivity index (χ1n) is 7.22. The van der Waals surface area contributed by atoms with Crippen LogP contribution in [-0.2, 0) is 11.0 Å². The molecule has 0 fully saturated rings. The number of likely N-dealkylation sites (N-methyl/N-ethyl adjacent to an activating group) is 1. The van der Waals surface area contributed by atoms with Crippen molar-refractivity contribution in [2.45, 2.75) is 20.0 Å². The zero-order chi connectivity index (χ0) is 16.6. The van der Waals surface area contributed by atoms with Gasteiger partial charge in [0.1, 0.15) is 0 Å². The van der Waals surface area contributed by atoms with Crippen molar-refractivity contribution in [1.29, 1.82) is 0 Å². The summed E-state index contributed by atoms with van der Waals surface area (Å²) in [7, 11) is 0. The second-order valence-corrected chi connectivity index (χ2v) is 4.77. The van der Waals surface area contributed by atoms with Gasteiger partial charge in [-0.05, 0) is 36.9 Å². The van der Waals surface area contributed by atoms with Gasteiger partial charge in [0.2, 0.25) is 5.91 Å². The summed E-state index contributed by atoms with van der Waals surface area (Å²) in [5.74, 6) is -0.315. The summed E-state index contributed by atoms with van der Waals surface area (Å²) in [4.78, 5) is 13.8. The molecule has 0 saturated carbocycles. The van der Waals surface area contributed by atoms with Crippen LogP contribution in [0.1, 0.15) is 25.0 Å². The Kier molecular flexibility index (Phi) is 7.11. The molecule has 0 aliphatic heterocycles. The molecule has 0 bridgehead atoms. The summed E-state index contributed by atoms with van der Waals surface area (Å²) in [5, 5.41) is 2.71. The normalized spacial score (nSPS) is 12.1. The molecule has 0 heterocycles. The molecular weight excluding hydrogens is 293 g/mol. The molecule has 122 valence electrons. The fraction of sp³-hybridized carbons (Fsp3) is 0.438. The van der Waals surface area contributed by atoms with Crippen LogP contribution in [0.4, 0.5) is 13.2 Å². The number of nitrogens with zero attached hydrogens (tertiary/aromatic N) is 1. The van der Waals surface area contributed by atoms with Gasteiger partial charge in [0.25, 0.3) is 0 Å². The highest BCUT2D eigenvalue weighted by Gasteiger charge is 2.30. The zero-order valence-electron chi connectivity index (χ0n) is 12.8. The highest BCUT2D eigenvalue weighted by Crippen LogP contribution is 2.29. The van der Waals surface area contributed by atoms with E-state index in [0.29, 0.717) is 12.1 Å². The number of hydrogen-bond acceptors (Lipinski definition) is 2. The number of rotatable bonds is 7. The molecule has 1 aromatic carbocycles. The Morgan fingerprint density at radius 3 is 2.55 bits per heavy atom. The van der Waals surface area contributed by atoms with Gasteiger partial charge in [-0.2, -0.15) is 13.2 Å². The first kappa shape index (κ1) is 18.2. The van der Waals surface area contributed by atoms with E-state index in [4.69, 9.17) is 0 Å². The maximum Gasteiger partial charge on any atom is 0.416 e. The van der Waals surface area contributed by atoms with Crippen LogP contribution in [0.2, 0.25) is 0 Å². The number of carbonyl (C=O) groups is 1. The monoisotopic (exact) mass is 314 g/mol. The van der Waals surface area contributed by atoms with Gasteiger partial charge in [-0.15, -0.1) is 0 Å². The van der Waals surface area contributed by atoms with Crippen LogP contribution in [-0.4, -0.2) is 37.0 Å². The number of carbonyl (C=O) groups excluding carboxylic acids is 1. The van der Waals surface area contributed by atoms with Crippen molar-refractivity contribution in [3.8, 4) is 0 Å². The summed E-state index contributed by atoms with van der Waals surface area (Å²) < 4.78 is 37.7. The van der Waals surface area contributed by atoms with E-state index in [-0.39, 0.29) is 5.91 Å². The van der Waals surface area contributed by atoms with Gasteiger partial charge in [0.15, 0.2) is 0 Å². The average molecular weight is 314 g/mol. The highest BCUT2D eigenvalue weighted by molar-refractivity contribution is 5.91.